The summed E-state index contributed by atoms with van der Waals surface area (Å²) in [7, 11) is 3.48. The van der Waals surface area contributed by atoms with Gasteiger partial charge in [0.25, 0.3) is 0 Å². The first-order chi connectivity index (χ1) is 15.7. The number of hydrogen-bond donors (Lipinski definition) is 2. The summed E-state index contributed by atoms with van der Waals surface area (Å²) in [4.78, 5) is 4.36. The van der Waals surface area contributed by atoms with Crippen molar-refractivity contribution in [2.24, 2.45) is 10.9 Å². The highest BCUT2D eigenvalue weighted by Gasteiger charge is 2.27. The maximum Gasteiger partial charge on any atom is 0.190 e. The van der Waals surface area contributed by atoms with E-state index in [0.717, 1.165) is 56.2 Å². The minimum absolute atomic E-state index is 0.140. The van der Waals surface area contributed by atoms with Gasteiger partial charge >= 0.3 is 0 Å². The van der Waals surface area contributed by atoms with Gasteiger partial charge < -0.3 is 24.8 Å². The molecule has 0 saturated carbocycles. The Labute approximate surface area is 192 Å². The molecule has 2 atom stereocenters. The largest absolute Gasteiger partial charge is 0.497 e. The zero-order valence-corrected chi connectivity index (χ0v) is 19.6. The van der Waals surface area contributed by atoms with E-state index in [9.17, 15) is 0 Å². The van der Waals surface area contributed by atoms with Gasteiger partial charge in [0, 0.05) is 39.3 Å². The van der Waals surface area contributed by atoms with Crippen LogP contribution in [0.5, 0.6) is 5.75 Å². The summed E-state index contributed by atoms with van der Waals surface area (Å²) in [6.45, 7) is 5.90. The topological polar surface area (TPSA) is 64.1 Å². The van der Waals surface area contributed by atoms with E-state index in [4.69, 9.17) is 14.2 Å². The fraction of sp³-hybridized carbons (Fsp3) is 0.500. The molecule has 0 bridgehead atoms. The molecule has 6 heteroatoms. The third-order valence-electron chi connectivity index (χ3n) is 5.79. The number of aryl methyl sites for hydroxylation is 1. The molecule has 2 aromatic rings. The van der Waals surface area contributed by atoms with Crippen molar-refractivity contribution in [1.29, 1.82) is 0 Å². The predicted molar refractivity (Wildman–Crippen MR) is 129 cm³/mol. The highest BCUT2D eigenvalue weighted by molar-refractivity contribution is 5.79. The van der Waals surface area contributed by atoms with E-state index in [2.05, 4.69) is 46.8 Å². The normalized spacial score (nSPS) is 18.9. The van der Waals surface area contributed by atoms with Crippen LogP contribution in [0.2, 0.25) is 0 Å². The molecule has 6 nitrogen and oxygen atoms in total. The van der Waals surface area contributed by atoms with Crippen LogP contribution < -0.4 is 15.4 Å². The molecule has 174 valence electrons. The molecule has 0 aliphatic carbocycles. The van der Waals surface area contributed by atoms with E-state index >= 15 is 0 Å². The maximum absolute atomic E-state index is 6.13. The van der Waals surface area contributed by atoms with Crippen molar-refractivity contribution < 1.29 is 14.2 Å². The lowest BCUT2D eigenvalue weighted by molar-refractivity contribution is -0.0265. The molecule has 0 aromatic heterocycles. The summed E-state index contributed by atoms with van der Waals surface area (Å²) in [6.07, 6.45) is 3.31. The lowest BCUT2D eigenvalue weighted by atomic mass is 9.89. The zero-order chi connectivity index (χ0) is 22.6. The van der Waals surface area contributed by atoms with E-state index in [1.807, 2.05) is 31.3 Å². The number of nitrogens with zero attached hydrogens (tertiary/aromatic N) is 1. The summed E-state index contributed by atoms with van der Waals surface area (Å²) < 4.78 is 17.1. The molecule has 3 rings (SSSR count). The fourth-order valence-corrected chi connectivity index (χ4v) is 3.92. The average Bonchev–Trinajstić information content (AvgIpc) is 2.84. The molecular weight excluding hydrogens is 402 g/mol. The first kappa shape index (κ1) is 24.1. The Hall–Kier alpha value is -2.57. The van der Waals surface area contributed by atoms with E-state index in [1.54, 1.807) is 7.11 Å². The third kappa shape index (κ3) is 7.53. The van der Waals surface area contributed by atoms with E-state index in [-0.39, 0.29) is 6.10 Å². The fourth-order valence-electron chi connectivity index (χ4n) is 3.92. The van der Waals surface area contributed by atoms with Gasteiger partial charge in [-0.1, -0.05) is 42.0 Å². The van der Waals surface area contributed by atoms with Gasteiger partial charge in [0.2, 0.25) is 0 Å². The van der Waals surface area contributed by atoms with Crippen LogP contribution in [-0.2, 0) is 16.1 Å². The second kappa shape index (κ2) is 13.1. The smallest absolute Gasteiger partial charge is 0.190 e. The Kier molecular flexibility index (Phi) is 9.85. The Morgan fingerprint density at radius 3 is 2.59 bits per heavy atom. The molecule has 1 saturated heterocycles. The average molecular weight is 440 g/mol. The first-order valence-corrected chi connectivity index (χ1v) is 11.5. The van der Waals surface area contributed by atoms with Gasteiger partial charge in [0.05, 0.1) is 19.8 Å². The van der Waals surface area contributed by atoms with Crippen LogP contribution in [0.3, 0.4) is 0 Å². The summed E-state index contributed by atoms with van der Waals surface area (Å²) >= 11 is 0. The van der Waals surface area contributed by atoms with Crippen molar-refractivity contribution in [3.05, 3.63) is 65.2 Å². The number of guanidine groups is 1. The predicted octanol–water partition coefficient (Wildman–Crippen LogP) is 4.24. The van der Waals surface area contributed by atoms with Crippen molar-refractivity contribution in [1.82, 2.24) is 10.6 Å². The molecule has 1 fully saturated rings. The number of methoxy groups -OCH3 is 1. The standard InChI is InChI=1S/C26H37N3O3/c1-20-7-11-22(12-8-20)25-23(6-4-17-32-25)18-29-26(27-2)28-15-5-16-31-19-21-9-13-24(30-3)14-10-21/h7-14,23,25H,4-6,15-19H2,1-3H3,(H2,27,28,29). The summed E-state index contributed by atoms with van der Waals surface area (Å²) in [5.74, 6) is 2.12. The number of aliphatic imine (C=N–C) groups is 1. The van der Waals surface area contributed by atoms with Crippen LogP contribution >= 0.6 is 0 Å². The number of benzene rings is 2. The maximum atomic E-state index is 6.13. The molecule has 1 aliphatic rings. The number of ether oxygens (including phenoxy) is 3. The van der Waals surface area contributed by atoms with Gasteiger partial charge in [-0.15, -0.1) is 0 Å². The lowest BCUT2D eigenvalue weighted by Gasteiger charge is -2.32. The molecule has 0 amide bonds. The van der Waals surface area contributed by atoms with Crippen molar-refractivity contribution >= 4 is 5.96 Å². The van der Waals surface area contributed by atoms with Crippen LogP contribution in [-0.4, -0.2) is 46.4 Å². The molecule has 32 heavy (non-hydrogen) atoms. The SMILES string of the molecule is CN=C(NCCCOCc1ccc(OC)cc1)NCC1CCCOC1c1ccc(C)cc1. The Morgan fingerprint density at radius 2 is 1.88 bits per heavy atom. The van der Waals surface area contributed by atoms with Gasteiger partial charge in [-0.2, -0.15) is 0 Å². The Balaban J connectivity index is 1.35. The van der Waals surface area contributed by atoms with Crippen LogP contribution in [0.1, 0.15) is 42.1 Å². The van der Waals surface area contributed by atoms with E-state index in [0.29, 0.717) is 19.1 Å². The number of rotatable bonds is 10. The second-order valence-corrected chi connectivity index (χ2v) is 8.24. The number of hydrogen-bond acceptors (Lipinski definition) is 4. The molecular formula is C26H37N3O3. The minimum atomic E-state index is 0.140. The lowest BCUT2D eigenvalue weighted by Crippen LogP contribution is -2.42. The molecule has 2 aromatic carbocycles. The van der Waals surface area contributed by atoms with Crippen molar-refractivity contribution in [3.8, 4) is 5.75 Å². The molecule has 2 N–H and O–H groups in total. The van der Waals surface area contributed by atoms with Crippen molar-refractivity contribution in [2.45, 2.75) is 38.9 Å². The first-order valence-electron chi connectivity index (χ1n) is 11.5. The van der Waals surface area contributed by atoms with E-state index in [1.165, 1.54) is 11.1 Å². The highest BCUT2D eigenvalue weighted by Crippen LogP contribution is 2.33. The van der Waals surface area contributed by atoms with Gasteiger partial charge in [-0.25, -0.2) is 0 Å². The number of nitrogens with one attached hydrogen (secondary N) is 2. The molecule has 1 aliphatic heterocycles. The monoisotopic (exact) mass is 439 g/mol. The van der Waals surface area contributed by atoms with Crippen molar-refractivity contribution in [2.75, 3.05) is 40.5 Å². The van der Waals surface area contributed by atoms with Crippen LogP contribution in [0.25, 0.3) is 0 Å². The molecule has 2 unspecified atom stereocenters. The van der Waals surface area contributed by atoms with Crippen LogP contribution in [0, 0.1) is 12.8 Å². The minimum Gasteiger partial charge on any atom is -0.497 e. The van der Waals surface area contributed by atoms with Gasteiger partial charge in [0.15, 0.2) is 5.96 Å². The molecule has 1 heterocycles. The molecule has 0 spiro atoms. The Morgan fingerprint density at radius 1 is 1.09 bits per heavy atom. The van der Waals surface area contributed by atoms with Gasteiger partial charge in [-0.05, 0) is 49.4 Å². The van der Waals surface area contributed by atoms with Gasteiger partial charge in [0.1, 0.15) is 5.75 Å². The highest BCUT2D eigenvalue weighted by atomic mass is 16.5. The van der Waals surface area contributed by atoms with E-state index < -0.39 is 0 Å². The quantitative estimate of drug-likeness (QED) is 0.329. The van der Waals surface area contributed by atoms with Crippen LogP contribution in [0.4, 0.5) is 0 Å². The second-order valence-electron chi connectivity index (χ2n) is 8.24. The van der Waals surface area contributed by atoms with Crippen LogP contribution in [0.15, 0.2) is 53.5 Å². The van der Waals surface area contributed by atoms with Crippen molar-refractivity contribution in [3.63, 3.8) is 0 Å². The Bertz CT molecular complexity index is 821. The zero-order valence-electron chi connectivity index (χ0n) is 19.6. The summed E-state index contributed by atoms with van der Waals surface area (Å²) in [5, 5.41) is 6.87. The summed E-state index contributed by atoms with van der Waals surface area (Å²) in [6, 6.07) is 16.7. The van der Waals surface area contributed by atoms with Gasteiger partial charge in [-0.3, -0.25) is 4.99 Å². The summed E-state index contributed by atoms with van der Waals surface area (Å²) in [5.41, 5.74) is 3.69. The third-order valence-corrected chi connectivity index (χ3v) is 5.79. The molecule has 0 radical (unpaired) electrons.